The molecule has 22 heavy (non-hydrogen) atoms. The number of nitrogens with one attached hydrogen (secondary N) is 1. The molecule has 0 aliphatic heterocycles. The van der Waals surface area contributed by atoms with E-state index < -0.39 is 0 Å². The zero-order valence-corrected chi connectivity index (χ0v) is 14.5. The molecular weight excluding hydrogens is 387 g/mol. The fourth-order valence-electron chi connectivity index (χ4n) is 2.51. The number of nitrogens with zero attached hydrogens (tertiary/aromatic N) is 1. The topological polar surface area (TPSA) is 32.3 Å². The van der Waals surface area contributed by atoms with Crippen molar-refractivity contribution in [2.75, 3.05) is 11.9 Å². The fourth-order valence-corrected chi connectivity index (χ4v) is 3.03. The second kappa shape index (κ2) is 7.24. The van der Waals surface area contributed by atoms with Crippen molar-refractivity contribution in [2.24, 2.45) is 0 Å². The van der Waals surface area contributed by atoms with Crippen molar-refractivity contribution in [3.63, 3.8) is 0 Å². The Balaban J connectivity index is 1.61. The van der Waals surface area contributed by atoms with E-state index in [1.807, 2.05) is 42.5 Å². The number of carbonyl (C=O) groups excluding carboxylic acids is 1. The highest BCUT2D eigenvalue weighted by Crippen LogP contribution is 2.28. The van der Waals surface area contributed by atoms with Crippen molar-refractivity contribution in [1.82, 2.24) is 4.90 Å². The van der Waals surface area contributed by atoms with Crippen LogP contribution in [-0.4, -0.2) is 23.4 Å². The first-order chi connectivity index (χ1) is 10.7. The number of rotatable bonds is 6. The molecule has 0 unspecified atom stereocenters. The molecule has 4 heteroatoms. The molecule has 1 aliphatic rings. The molecule has 0 heterocycles. The Bertz CT molecular complexity index is 641. The van der Waals surface area contributed by atoms with Crippen molar-refractivity contribution < 1.29 is 4.79 Å². The van der Waals surface area contributed by atoms with Crippen LogP contribution < -0.4 is 5.32 Å². The Kier molecular flexibility index (Phi) is 5.10. The lowest BCUT2D eigenvalue weighted by Gasteiger charge is -2.21. The summed E-state index contributed by atoms with van der Waals surface area (Å²) in [5.41, 5.74) is 2.15. The minimum Gasteiger partial charge on any atom is -0.324 e. The van der Waals surface area contributed by atoms with E-state index in [1.165, 1.54) is 18.4 Å². The van der Waals surface area contributed by atoms with E-state index in [-0.39, 0.29) is 5.91 Å². The van der Waals surface area contributed by atoms with E-state index in [0.717, 1.165) is 15.8 Å². The van der Waals surface area contributed by atoms with Gasteiger partial charge >= 0.3 is 0 Å². The van der Waals surface area contributed by atoms with E-state index in [9.17, 15) is 4.79 Å². The SMILES string of the molecule is O=C(CN(Cc1ccccc1)C1CC1)Nc1ccccc1I. The van der Waals surface area contributed by atoms with Crippen LogP contribution in [0.4, 0.5) is 5.69 Å². The van der Waals surface area contributed by atoms with E-state index in [0.29, 0.717) is 12.6 Å². The maximum absolute atomic E-state index is 12.3. The molecule has 1 N–H and O–H groups in total. The molecule has 0 spiro atoms. The van der Waals surface area contributed by atoms with Crippen molar-refractivity contribution >= 4 is 34.2 Å². The summed E-state index contributed by atoms with van der Waals surface area (Å²) in [4.78, 5) is 14.6. The standard InChI is InChI=1S/C18H19IN2O/c19-16-8-4-5-9-17(16)20-18(22)13-21(15-10-11-15)12-14-6-2-1-3-7-14/h1-9,15H,10-13H2,(H,20,22). The molecule has 1 aliphatic carbocycles. The van der Waals surface area contributed by atoms with E-state index in [2.05, 4.69) is 44.9 Å². The van der Waals surface area contributed by atoms with Gasteiger partial charge in [-0.25, -0.2) is 0 Å². The van der Waals surface area contributed by atoms with Crippen molar-refractivity contribution in [2.45, 2.75) is 25.4 Å². The molecular formula is C18H19IN2O. The van der Waals surface area contributed by atoms with Crippen molar-refractivity contribution in [3.05, 3.63) is 63.7 Å². The smallest absolute Gasteiger partial charge is 0.238 e. The molecule has 0 aromatic heterocycles. The Morgan fingerprint density at radius 2 is 1.77 bits per heavy atom. The molecule has 114 valence electrons. The quantitative estimate of drug-likeness (QED) is 0.739. The summed E-state index contributed by atoms with van der Waals surface area (Å²) >= 11 is 2.24. The molecule has 3 rings (SSSR count). The first-order valence-electron chi connectivity index (χ1n) is 7.55. The van der Waals surface area contributed by atoms with Gasteiger partial charge < -0.3 is 5.32 Å². The van der Waals surface area contributed by atoms with E-state index in [1.54, 1.807) is 0 Å². The minimum atomic E-state index is 0.0620. The second-order valence-corrected chi connectivity index (χ2v) is 6.81. The monoisotopic (exact) mass is 406 g/mol. The Morgan fingerprint density at radius 3 is 2.45 bits per heavy atom. The normalized spacial score (nSPS) is 14.1. The summed E-state index contributed by atoms with van der Waals surface area (Å²) in [5.74, 6) is 0.0620. The fraction of sp³-hybridized carbons (Fsp3) is 0.278. The predicted molar refractivity (Wildman–Crippen MR) is 97.7 cm³/mol. The maximum Gasteiger partial charge on any atom is 0.238 e. The molecule has 1 saturated carbocycles. The van der Waals surface area contributed by atoms with Crippen molar-refractivity contribution in [3.8, 4) is 0 Å². The summed E-state index contributed by atoms with van der Waals surface area (Å²) in [5, 5.41) is 3.02. The van der Waals surface area contributed by atoms with Gasteiger partial charge in [0, 0.05) is 16.2 Å². The lowest BCUT2D eigenvalue weighted by Crippen LogP contribution is -2.34. The van der Waals surface area contributed by atoms with Gasteiger partial charge in [0.05, 0.1) is 12.2 Å². The molecule has 1 fully saturated rings. The van der Waals surface area contributed by atoms with Crippen LogP contribution in [-0.2, 0) is 11.3 Å². The van der Waals surface area contributed by atoms with Gasteiger partial charge in [-0.3, -0.25) is 9.69 Å². The average Bonchev–Trinajstić information content (AvgIpc) is 3.35. The van der Waals surface area contributed by atoms with Crippen molar-refractivity contribution in [1.29, 1.82) is 0 Å². The number of carbonyl (C=O) groups is 1. The zero-order valence-electron chi connectivity index (χ0n) is 12.3. The highest BCUT2D eigenvalue weighted by Gasteiger charge is 2.30. The van der Waals surface area contributed by atoms with Gasteiger partial charge in [0.25, 0.3) is 0 Å². The number of para-hydroxylation sites is 1. The maximum atomic E-state index is 12.3. The first-order valence-corrected chi connectivity index (χ1v) is 8.62. The molecule has 0 saturated heterocycles. The minimum absolute atomic E-state index is 0.0620. The summed E-state index contributed by atoms with van der Waals surface area (Å²) in [6.07, 6.45) is 2.39. The highest BCUT2D eigenvalue weighted by atomic mass is 127. The van der Waals surface area contributed by atoms with Crippen LogP contribution >= 0.6 is 22.6 Å². The largest absolute Gasteiger partial charge is 0.324 e. The van der Waals surface area contributed by atoms with Gasteiger partial charge in [-0.1, -0.05) is 42.5 Å². The Morgan fingerprint density at radius 1 is 1.09 bits per heavy atom. The highest BCUT2D eigenvalue weighted by molar-refractivity contribution is 14.1. The molecule has 0 radical (unpaired) electrons. The lowest BCUT2D eigenvalue weighted by atomic mass is 10.2. The van der Waals surface area contributed by atoms with Gasteiger partial charge in [0.1, 0.15) is 0 Å². The number of hydrogen-bond acceptors (Lipinski definition) is 2. The third-order valence-corrected chi connectivity index (χ3v) is 4.73. The van der Waals surface area contributed by atoms with Crippen LogP contribution in [0, 0.1) is 3.57 Å². The van der Waals surface area contributed by atoms with Crippen LogP contribution in [0.1, 0.15) is 18.4 Å². The third kappa shape index (κ3) is 4.30. The summed E-state index contributed by atoms with van der Waals surface area (Å²) in [7, 11) is 0. The number of benzene rings is 2. The molecule has 0 bridgehead atoms. The van der Waals surface area contributed by atoms with Gasteiger partial charge in [0.2, 0.25) is 5.91 Å². The van der Waals surface area contributed by atoms with Gasteiger partial charge in [0.15, 0.2) is 0 Å². The summed E-state index contributed by atoms with van der Waals surface area (Å²) in [6, 6.07) is 18.8. The van der Waals surface area contributed by atoms with Crippen LogP contribution in [0.25, 0.3) is 0 Å². The third-order valence-electron chi connectivity index (χ3n) is 3.79. The molecule has 1 amide bonds. The van der Waals surface area contributed by atoms with Gasteiger partial charge in [-0.15, -0.1) is 0 Å². The van der Waals surface area contributed by atoms with Crippen LogP contribution in [0.2, 0.25) is 0 Å². The Hall–Kier alpha value is -1.40. The number of anilines is 1. The molecule has 3 nitrogen and oxygen atoms in total. The Labute approximate surface area is 144 Å². The van der Waals surface area contributed by atoms with Crippen LogP contribution in [0.5, 0.6) is 0 Å². The molecule has 0 atom stereocenters. The first kappa shape index (κ1) is 15.5. The molecule has 2 aromatic rings. The average molecular weight is 406 g/mol. The summed E-state index contributed by atoms with van der Waals surface area (Å²) in [6.45, 7) is 1.29. The van der Waals surface area contributed by atoms with E-state index >= 15 is 0 Å². The molecule has 2 aromatic carbocycles. The zero-order chi connectivity index (χ0) is 15.4. The predicted octanol–water partition coefficient (Wildman–Crippen LogP) is 3.89. The van der Waals surface area contributed by atoms with E-state index in [4.69, 9.17) is 0 Å². The lowest BCUT2D eigenvalue weighted by molar-refractivity contribution is -0.117. The van der Waals surface area contributed by atoms with Crippen LogP contribution in [0.15, 0.2) is 54.6 Å². The summed E-state index contributed by atoms with van der Waals surface area (Å²) < 4.78 is 1.06. The van der Waals surface area contributed by atoms with Gasteiger partial charge in [-0.2, -0.15) is 0 Å². The number of amides is 1. The number of halogens is 1. The number of hydrogen-bond donors (Lipinski definition) is 1. The second-order valence-electron chi connectivity index (χ2n) is 5.65. The van der Waals surface area contributed by atoms with Crippen LogP contribution in [0.3, 0.4) is 0 Å². The van der Waals surface area contributed by atoms with Gasteiger partial charge in [-0.05, 0) is 53.1 Å².